The number of aromatic nitrogens is 6. The predicted octanol–water partition coefficient (Wildman–Crippen LogP) is 3.03. The molecule has 1 saturated heterocycles. The number of halogens is 3. The first-order valence-electron chi connectivity index (χ1n) is 14.3. The topological polar surface area (TPSA) is 152 Å². The molecule has 3 unspecified atom stereocenters. The first-order chi connectivity index (χ1) is 19.9. The van der Waals surface area contributed by atoms with E-state index >= 15 is 0 Å². The van der Waals surface area contributed by atoms with Gasteiger partial charge in [-0.1, -0.05) is 5.16 Å². The number of fused-ring (bicyclic) bond motifs is 1. The minimum atomic E-state index is -2.76. The molecule has 2 N–H and O–H groups in total. The minimum absolute atomic E-state index is 0.00792. The highest BCUT2D eigenvalue weighted by Gasteiger charge is 2.73. The van der Waals surface area contributed by atoms with Crippen molar-refractivity contribution in [2.75, 3.05) is 6.54 Å². The number of imidazole rings is 1. The summed E-state index contributed by atoms with van der Waals surface area (Å²) in [4.78, 5) is 37.5. The maximum atomic E-state index is 14.2. The summed E-state index contributed by atoms with van der Waals surface area (Å²) in [5.41, 5.74) is -0.758. The molecular formula is C27H31F3N8O4. The summed E-state index contributed by atoms with van der Waals surface area (Å²) in [7, 11) is 0. The highest BCUT2D eigenvalue weighted by molar-refractivity contribution is 5.93. The van der Waals surface area contributed by atoms with Crippen molar-refractivity contribution in [3.8, 4) is 0 Å². The molecular weight excluding hydrogens is 557 g/mol. The van der Waals surface area contributed by atoms with Crippen molar-refractivity contribution < 1.29 is 32.5 Å². The number of aliphatic hydroxyl groups is 1. The molecule has 12 nitrogen and oxygen atoms in total. The number of hydrogen-bond donors (Lipinski definition) is 2. The number of hydrogen-bond acceptors (Lipinski definition) is 9. The van der Waals surface area contributed by atoms with E-state index in [1.807, 2.05) is 0 Å². The van der Waals surface area contributed by atoms with Gasteiger partial charge in [-0.05, 0) is 62.9 Å². The Kier molecular flexibility index (Phi) is 6.12. The van der Waals surface area contributed by atoms with Crippen LogP contribution < -0.4 is 5.32 Å². The van der Waals surface area contributed by atoms with E-state index in [9.17, 15) is 27.9 Å². The molecule has 1 aliphatic heterocycles. The molecule has 3 atom stereocenters. The normalized spacial score (nSPS) is 31.3. The first kappa shape index (κ1) is 27.2. The number of aliphatic hydroxyl groups excluding tert-OH is 1. The lowest BCUT2D eigenvalue weighted by Gasteiger charge is -2.65. The third-order valence-corrected chi connectivity index (χ3v) is 9.53. The number of aryl methyl sites for hydroxylation is 1. The Morgan fingerprint density at radius 3 is 2.52 bits per heavy atom. The van der Waals surface area contributed by atoms with E-state index in [1.54, 1.807) is 18.0 Å². The molecule has 224 valence electrons. The number of carbonyl (C=O) groups excluding carboxylic acids is 2. The molecule has 4 saturated carbocycles. The number of alkyl halides is 3. The fourth-order valence-corrected chi connectivity index (χ4v) is 7.26. The average molecular weight is 589 g/mol. The van der Waals surface area contributed by atoms with Gasteiger partial charge in [0.15, 0.2) is 5.69 Å². The fourth-order valence-electron chi connectivity index (χ4n) is 7.26. The summed E-state index contributed by atoms with van der Waals surface area (Å²) in [6, 6.07) is -1.29. The number of amides is 2. The number of nitrogens with one attached hydrogen (secondary N) is 1. The Morgan fingerprint density at radius 2 is 1.86 bits per heavy atom. The zero-order valence-corrected chi connectivity index (χ0v) is 23.0. The zero-order chi connectivity index (χ0) is 29.4. The maximum absolute atomic E-state index is 14.2. The number of rotatable bonds is 6. The van der Waals surface area contributed by atoms with Crippen LogP contribution in [0.4, 0.5) is 13.2 Å². The Labute approximate surface area is 238 Å². The van der Waals surface area contributed by atoms with E-state index in [0.29, 0.717) is 30.0 Å². The van der Waals surface area contributed by atoms with Crippen LogP contribution in [0.1, 0.15) is 97.4 Å². The van der Waals surface area contributed by atoms with Crippen molar-refractivity contribution in [3.05, 3.63) is 35.2 Å². The maximum Gasteiger partial charge on any atom is 0.276 e. The van der Waals surface area contributed by atoms with Gasteiger partial charge in [0, 0.05) is 19.4 Å². The molecule has 5 aliphatic rings. The highest BCUT2D eigenvalue weighted by Crippen LogP contribution is 2.70. The molecule has 5 fully saturated rings. The standard InChI is InChI=1S/C27H31F3N8O4/c1-14-20(36-42-35-14)22(40)34-21(15-2-5-27(29,30)6-3-15)18-10-38-24(33-18)32-17(9-31-38)19-8-16(39)4-7-37(19)23(41)25-11-26(28,12-25)13-25/h9-10,15-16,19,21,39H,2-8,11-13H2,1H3,(H,34,40). The summed E-state index contributed by atoms with van der Waals surface area (Å²) in [6.45, 7) is 1.90. The Bertz CT molecular complexity index is 1530. The van der Waals surface area contributed by atoms with Gasteiger partial charge < -0.3 is 15.3 Å². The van der Waals surface area contributed by atoms with E-state index in [1.165, 1.54) is 10.7 Å². The lowest BCUT2D eigenvalue weighted by molar-refractivity contribution is -0.225. The Balaban J connectivity index is 1.18. The number of piperidine rings is 1. The monoisotopic (exact) mass is 588 g/mol. The highest BCUT2D eigenvalue weighted by atomic mass is 19.3. The molecule has 3 aromatic heterocycles. The molecule has 0 aromatic carbocycles. The van der Waals surface area contributed by atoms with Crippen LogP contribution in [-0.4, -0.2) is 76.0 Å². The van der Waals surface area contributed by atoms with Gasteiger partial charge in [-0.25, -0.2) is 32.3 Å². The molecule has 4 heterocycles. The van der Waals surface area contributed by atoms with E-state index < -0.39 is 41.1 Å². The van der Waals surface area contributed by atoms with Crippen LogP contribution in [0, 0.1) is 18.3 Å². The molecule has 2 amide bonds. The molecule has 0 spiro atoms. The van der Waals surface area contributed by atoms with Crippen LogP contribution in [0.25, 0.3) is 5.78 Å². The van der Waals surface area contributed by atoms with Gasteiger partial charge in [-0.3, -0.25) is 9.59 Å². The van der Waals surface area contributed by atoms with Gasteiger partial charge in [0.25, 0.3) is 11.7 Å². The molecule has 3 aromatic rings. The van der Waals surface area contributed by atoms with Crippen LogP contribution in [0.5, 0.6) is 0 Å². The second-order valence-electron chi connectivity index (χ2n) is 12.6. The number of nitrogens with zero attached hydrogens (tertiary/aromatic N) is 7. The fraction of sp³-hybridized carbons (Fsp3) is 0.667. The second kappa shape index (κ2) is 9.44. The molecule has 0 radical (unpaired) electrons. The lowest BCUT2D eigenvalue weighted by atomic mass is 9.41. The summed E-state index contributed by atoms with van der Waals surface area (Å²) < 4.78 is 48.3. The van der Waals surface area contributed by atoms with Crippen molar-refractivity contribution >= 4 is 17.6 Å². The van der Waals surface area contributed by atoms with Crippen LogP contribution in [0.2, 0.25) is 0 Å². The summed E-state index contributed by atoms with van der Waals surface area (Å²) in [5, 5.41) is 25.1. The third-order valence-electron chi connectivity index (χ3n) is 9.53. The molecule has 42 heavy (non-hydrogen) atoms. The summed E-state index contributed by atoms with van der Waals surface area (Å²) >= 11 is 0. The van der Waals surface area contributed by atoms with Gasteiger partial charge in [0.1, 0.15) is 11.4 Å². The van der Waals surface area contributed by atoms with Crippen molar-refractivity contribution in [1.29, 1.82) is 0 Å². The van der Waals surface area contributed by atoms with Gasteiger partial charge in [-0.15, -0.1) is 0 Å². The van der Waals surface area contributed by atoms with E-state index in [-0.39, 0.29) is 74.7 Å². The van der Waals surface area contributed by atoms with Gasteiger partial charge in [0.05, 0.1) is 47.4 Å². The zero-order valence-electron chi connectivity index (χ0n) is 23.0. The quantitative estimate of drug-likeness (QED) is 0.443. The van der Waals surface area contributed by atoms with Crippen molar-refractivity contribution in [2.45, 2.75) is 94.5 Å². The van der Waals surface area contributed by atoms with E-state index in [4.69, 9.17) is 0 Å². The van der Waals surface area contributed by atoms with E-state index in [0.717, 1.165) is 0 Å². The predicted molar refractivity (Wildman–Crippen MR) is 137 cm³/mol. The summed E-state index contributed by atoms with van der Waals surface area (Å²) in [6.07, 6.45) is 3.62. The van der Waals surface area contributed by atoms with Crippen LogP contribution in [-0.2, 0) is 4.79 Å². The van der Waals surface area contributed by atoms with Crippen LogP contribution in [0.15, 0.2) is 17.0 Å². The van der Waals surface area contributed by atoms with Crippen LogP contribution >= 0.6 is 0 Å². The van der Waals surface area contributed by atoms with E-state index in [2.05, 4.69) is 35.3 Å². The average Bonchev–Trinajstić information content (AvgIpc) is 3.54. The first-order valence-corrected chi connectivity index (χ1v) is 14.3. The minimum Gasteiger partial charge on any atom is -0.393 e. The van der Waals surface area contributed by atoms with Crippen LogP contribution in [0.3, 0.4) is 0 Å². The third kappa shape index (κ3) is 4.52. The SMILES string of the molecule is Cc1nonc1C(=O)NC(c1cn2ncc(C3CC(O)CCN3C(=O)C34CC(F)(C3)C4)nc2n1)C1CCC(F)(F)CC1. The van der Waals surface area contributed by atoms with Gasteiger partial charge in [0.2, 0.25) is 11.8 Å². The van der Waals surface area contributed by atoms with Crippen molar-refractivity contribution in [2.24, 2.45) is 11.3 Å². The van der Waals surface area contributed by atoms with Crippen molar-refractivity contribution in [1.82, 2.24) is 40.1 Å². The molecule has 8 rings (SSSR count). The second-order valence-corrected chi connectivity index (χ2v) is 12.6. The summed E-state index contributed by atoms with van der Waals surface area (Å²) in [5.74, 6) is -3.57. The number of carbonyl (C=O) groups is 2. The molecule has 2 bridgehead atoms. The lowest BCUT2D eigenvalue weighted by Crippen LogP contribution is -2.70. The smallest absolute Gasteiger partial charge is 0.276 e. The Morgan fingerprint density at radius 1 is 1.12 bits per heavy atom. The largest absolute Gasteiger partial charge is 0.393 e. The Hall–Kier alpha value is -3.62. The van der Waals surface area contributed by atoms with Gasteiger partial charge in [-0.2, -0.15) is 5.10 Å². The van der Waals surface area contributed by atoms with Gasteiger partial charge >= 0.3 is 0 Å². The number of likely N-dealkylation sites (tertiary alicyclic amines) is 1. The van der Waals surface area contributed by atoms with Crippen molar-refractivity contribution in [3.63, 3.8) is 0 Å². The molecule has 4 aliphatic carbocycles. The molecule has 15 heteroatoms.